The molecule has 6 nitrogen and oxygen atoms in total. The SMILES string of the molecule is CCCCCCCCCCCCCCCCCCCCCCCC/C=C/CC/C=C/CCCC(O)C(O)C(CO)NC(=O)C(O)CCCCCCCCCCC. The molecule has 0 bridgehead atoms. The third-order valence-electron chi connectivity index (χ3n) is 11.6. The molecule has 0 rings (SSSR count). The fraction of sp³-hybridized carbons (Fsp3) is 0.900. The Morgan fingerprint density at radius 2 is 0.750 bits per heavy atom. The van der Waals surface area contributed by atoms with E-state index in [0.717, 1.165) is 38.5 Å². The number of hydrogen-bond donors (Lipinski definition) is 5. The molecule has 5 N–H and O–H groups in total. The topological polar surface area (TPSA) is 110 Å². The summed E-state index contributed by atoms with van der Waals surface area (Å²) in [6.45, 7) is 4.02. The number of aliphatic hydroxyl groups is 4. The van der Waals surface area contributed by atoms with Crippen LogP contribution in [0.4, 0.5) is 0 Å². The molecule has 332 valence electrons. The number of hydrogen-bond acceptors (Lipinski definition) is 5. The lowest BCUT2D eigenvalue weighted by molar-refractivity contribution is -0.132. The predicted molar refractivity (Wildman–Crippen MR) is 242 cm³/mol. The first-order valence-corrected chi connectivity index (χ1v) is 24.7. The lowest BCUT2D eigenvalue weighted by atomic mass is 10.00. The zero-order valence-corrected chi connectivity index (χ0v) is 37.4. The van der Waals surface area contributed by atoms with Crippen LogP contribution in [0.2, 0.25) is 0 Å². The van der Waals surface area contributed by atoms with Crippen molar-refractivity contribution in [1.29, 1.82) is 0 Å². The normalized spacial score (nSPS) is 14.2. The molecule has 0 spiro atoms. The molecule has 0 aromatic heterocycles. The van der Waals surface area contributed by atoms with Crippen LogP contribution in [0.15, 0.2) is 24.3 Å². The van der Waals surface area contributed by atoms with Crippen LogP contribution in [-0.2, 0) is 4.79 Å². The first kappa shape index (κ1) is 54.8. The Balaban J connectivity index is 3.61. The Bertz CT molecular complexity index is 847. The van der Waals surface area contributed by atoms with Gasteiger partial charge in [-0.05, 0) is 51.4 Å². The molecule has 0 aliphatic carbocycles. The number of allylic oxidation sites excluding steroid dienone is 4. The van der Waals surface area contributed by atoms with Gasteiger partial charge in [-0.3, -0.25) is 4.79 Å². The standard InChI is InChI=1S/C50H97NO5/c1-3-5-7-9-11-13-14-15-16-17-18-19-20-21-22-23-24-25-26-27-28-29-30-31-32-33-34-36-37-39-41-43-47(53)49(55)46(45-52)51-50(56)48(54)44-42-40-38-35-12-10-8-6-4-2/h31-32,36-37,46-49,52-55H,3-30,33-35,38-45H2,1-2H3,(H,51,56)/b32-31+,37-36+. The van der Waals surface area contributed by atoms with Crippen molar-refractivity contribution in [2.24, 2.45) is 0 Å². The van der Waals surface area contributed by atoms with Crippen LogP contribution in [0, 0.1) is 0 Å². The first-order valence-electron chi connectivity index (χ1n) is 24.7. The highest BCUT2D eigenvalue weighted by Crippen LogP contribution is 2.17. The summed E-state index contributed by atoms with van der Waals surface area (Å²) in [6, 6.07) is -1.00. The molecule has 0 aliphatic heterocycles. The van der Waals surface area contributed by atoms with E-state index in [9.17, 15) is 25.2 Å². The van der Waals surface area contributed by atoms with Crippen molar-refractivity contribution in [3.63, 3.8) is 0 Å². The van der Waals surface area contributed by atoms with Crippen molar-refractivity contribution in [2.75, 3.05) is 6.61 Å². The molecule has 0 radical (unpaired) electrons. The van der Waals surface area contributed by atoms with Gasteiger partial charge < -0.3 is 25.7 Å². The van der Waals surface area contributed by atoms with Gasteiger partial charge in [-0.2, -0.15) is 0 Å². The van der Waals surface area contributed by atoms with Gasteiger partial charge in [0.15, 0.2) is 0 Å². The van der Waals surface area contributed by atoms with Gasteiger partial charge in [-0.15, -0.1) is 0 Å². The van der Waals surface area contributed by atoms with Crippen LogP contribution in [0.3, 0.4) is 0 Å². The van der Waals surface area contributed by atoms with Crippen molar-refractivity contribution in [1.82, 2.24) is 5.32 Å². The van der Waals surface area contributed by atoms with Crippen LogP contribution < -0.4 is 5.32 Å². The molecule has 0 saturated heterocycles. The molecule has 0 aliphatic rings. The Labute approximate surface area is 348 Å². The van der Waals surface area contributed by atoms with Gasteiger partial charge in [-0.25, -0.2) is 0 Å². The molecule has 1 amide bonds. The fourth-order valence-electron chi connectivity index (χ4n) is 7.72. The quantitative estimate of drug-likeness (QED) is 0.0312. The van der Waals surface area contributed by atoms with Gasteiger partial charge in [0.25, 0.3) is 0 Å². The largest absolute Gasteiger partial charge is 0.394 e. The molecule has 0 aromatic carbocycles. The van der Waals surface area contributed by atoms with Crippen LogP contribution in [-0.4, -0.2) is 57.3 Å². The maximum Gasteiger partial charge on any atom is 0.249 e. The van der Waals surface area contributed by atoms with E-state index < -0.39 is 36.9 Å². The van der Waals surface area contributed by atoms with E-state index in [2.05, 4.69) is 43.5 Å². The third kappa shape index (κ3) is 38.3. The molecule has 0 saturated carbocycles. The number of carbonyl (C=O) groups is 1. The monoisotopic (exact) mass is 792 g/mol. The number of aliphatic hydroxyl groups excluding tert-OH is 4. The number of nitrogens with one attached hydrogen (secondary N) is 1. The first-order chi connectivity index (χ1) is 27.5. The van der Waals surface area contributed by atoms with E-state index in [1.807, 2.05) is 0 Å². The predicted octanol–water partition coefficient (Wildman–Crippen LogP) is 13.5. The number of rotatable bonds is 45. The lowest BCUT2D eigenvalue weighted by Gasteiger charge is -2.27. The Morgan fingerprint density at radius 3 is 1.12 bits per heavy atom. The van der Waals surface area contributed by atoms with E-state index in [1.54, 1.807) is 0 Å². The minimum atomic E-state index is -1.29. The second-order valence-corrected chi connectivity index (χ2v) is 17.2. The highest BCUT2D eigenvalue weighted by atomic mass is 16.3. The number of amides is 1. The molecule has 6 heteroatoms. The zero-order chi connectivity index (χ0) is 41.0. The van der Waals surface area contributed by atoms with Crippen molar-refractivity contribution in [2.45, 2.75) is 282 Å². The van der Waals surface area contributed by atoms with Gasteiger partial charge in [0.2, 0.25) is 5.91 Å². The maximum absolute atomic E-state index is 12.4. The van der Waals surface area contributed by atoms with Crippen LogP contribution >= 0.6 is 0 Å². The van der Waals surface area contributed by atoms with E-state index in [4.69, 9.17) is 0 Å². The van der Waals surface area contributed by atoms with Crippen LogP contribution in [0.25, 0.3) is 0 Å². The highest BCUT2D eigenvalue weighted by molar-refractivity contribution is 5.80. The Morgan fingerprint density at radius 1 is 0.429 bits per heavy atom. The molecule has 56 heavy (non-hydrogen) atoms. The summed E-state index contributed by atoms with van der Waals surface area (Å²) in [6.07, 6.45) is 52.6. The second-order valence-electron chi connectivity index (χ2n) is 17.2. The Kier molecular flexibility index (Phi) is 43.9. The number of carbonyl (C=O) groups excluding carboxylic acids is 1. The Hall–Kier alpha value is -1.21. The van der Waals surface area contributed by atoms with E-state index in [0.29, 0.717) is 19.3 Å². The summed E-state index contributed by atoms with van der Waals surface area (Å²) >= 11 is 0. The summed E-state index contributed by atoms with van der Waals surface area (Å²) in [7, 11) is 0. The van der Waals surface area contributed by atoms with Crippen molar-refractivity contribution in [3.05, 3.63) is 24.3 Å². The van der Waals surface area contributed by atoms with Gasteiger partial charge in [-0.1, -0.05) is 231 Å². The lowest BCUT2D eigenvalue weighted by Crippen LogP contribution is -2.53. The van der Waals surface area contributed by atoms with E-state index in [-0.39, 0.29) is 0 Å². The molecular weight excluding hydrogens is 695 g/mol. The average Bonchev–Trinajstić information content (AvgIpc) is 3.20. The summed E-state index contributed by atoms with van der Waals surface area (Å²) in [5, 5.41) is 43.5. The maximum atomic E-state index is 12.4. The molecule has 4 unspecified atom stereocenters. The van der Waals surface area contributed by atoms with Gasteiger partial charge in [0.1, 0.15) is 12.2 Å². The average molecular weight is 792 g/mol. The molecule has 0 heterocycles. The molecule has 0 fully saturated rings. The molecular formula is C50H97NO5. The summed E-state index contributed by atoms with van der Waals surface area (Å²) in [4.78, 5) is 12.4. The van der Waals surface area contributed by atoms with Crippen molar-refractivity contribution >= 4 is 5.91 Å². The minimum Gasteiger partial charge on any atom is -0.394 e. The van der Waals surface area contributed by atoms with Gasteiger partial charge >= 0.3 is 0 Å². The zero-order valence-electron chi connectivity index (χ0n) is 37.4. The minimum absolute atomic E-state index is 0.361. The highest BCUT2D eigenvalue weighted by Gasteiger charge is 2.28. The van der Waals surface area contributed by atoms with Gasteiger partial charge in [0.05, 0.1) is 18.8 Å². The molecule has 4 atom stereocenters. The molecule has 0 aromatic rings. The third-order valence-corrected chi connectivity index (χ3v) is 11.6. The van der Waals surface area contributed by atoms with E-state index >= 15 is 0 Å². The van der Waals surface area contributed by atoms with Crippen molar-refractivity contribution < 1.29 is 25.2 Å². The van der Waals surface area contributed by atoms with Crippen molar-refractivity contribution in [3.8, 4) is 0 Å². The summed E-state index contributed by atoms with van der Waals surface area (Å²) in [5.74, 6) is -0.599. The summed E-state index contributed by atoms with van der Waals surface area (Å²) in [5.41, 5.74) is 0. The number of unbranched alkanes of at least 4 members (excludes halogenated alkanes) is 32. The second kappa shape index (κ2) is 44.9. The van der Waals surface area contributed by atoms with Crippen LogP contribution in [0.1, 0.15) is 258 Å². The fourth-order valence-corrected chi connectivity index (χ4v) is 7.72. The summed E-state index contributed by atoms with van der Waals surface area (Å²) < 4.78 is 0. The van der Waals surface area contributed by atoms with Crippen LogP contribution in [0.5, 0.6) is 0 Å². The van der Waals surface area contributed by atoms with Gasteiger partial charge in [0, 0.05) is 0 Å². The van der Waals surface area contributed by atoms with E-state index in [1.165, 1.54) is 186 Å². The smallest absolute Gasteiger partial charge is 0.249 e.